The second-order valence-corrected chi connectivity index (χ2v) is 4.89. The summed E-state index contributed by atoms with van der Waals surface area (Å²) < 4.78 is 19.3. The van der Waals surface area contributed by atoms with Crippen LogP contribution in [0, 0.1) is 5.82 Å². The van der Waals surface area contributed by atoms with Crippen molar-refractivity contribution in [3.05, 3.63) is 35.6 Å². The molecule has 0 spiro atoms. The van der Waals surface area contributed by atoms with Crippen molar-refractivity contribution in [3.8, 4) is 0 Å². The molecular formula is C14H16FNO2. The van der Waals surface area contributed by atoms with E-state index in [0.717, 1.165) is 19.3 Å². The van der Waals surface area contributed by atoms with Gasteiger partial charge in [-0.25, -0.2) is 4.39 Å². The summed E-state index contributed by atoms with van der Waals surface area (Å²) in [6.45, 7) is 1.12. The van der Waals surface area contributed by atoms with E-state index in [4.69, 9.17) is 4.74 Å². The van der Waals surface area contributed by atoms with E-state index in [1.807, 2.05) is 0 Å². The average molecular weight is 249 g/mol. The predicted octanol–water partition coefficient (Wildman–Crippen LogP) is 2.22. The maximum atomic E-state index is 13.7. The first-order valence-corrected chi connectivity index (χ1v) is 6.44. The number of hydrogen-bond donors (Lipinski definition) is 0. The average Bonchev–Trinajstić information content (AvgIpc) is 2.86. The van der Waals surface area contributed by atoms with Crippen LogP contribution in [0.3, 0.4) is 0 Å². The van der Waals surface area contributed by atoms with Crippen LogP contribution in [0.2, 0.25) is 0 Å². The van der Waals surface area contributed by atoms with Crippen LogP contribution < -0.4 is 0 Å². The van der Waals surface area contributed by atoms with Crippen LogP contribution in [-0.2, 0) is 4.74 Å². The number of carbonyl (C=O) groups excluding carboxylic acids is 1. The molecule has 1 amide bonds. The number of nitrogens with zero attached hydrogens (tertiary/aromatic N) is 1. The lowest BCUT2D eigenvalue weighted by Crippen LogP contribution is -2.51. The molecule has 1 saturated carbocycles. The molecule has 1 aliphatic carbocycles. The molecule has 0 bridgehead atoms. The van der Waals surface area contributed by atoms with Crippen molar-refractivity contribution >= 4 is 5.91 Å². The fourth-order valence-corrected chi connectivity index (χ4v) is 2.97. The van der Waals surface area contributed by atoms with Gasteiger partial charge in [-0.2, -0.15) is 0 Å². The summed E-state index contributed by atoms with van der Waals surface area (Å²) in [7, 11) is 0. The van der Waals surface area contributed by atoms with Gasteiger partial charge in [0.15, 0.2) is 0 Å². The minimum atomic E-state index is -0.441. The SMILES string of the molecule is O=C(c1ccccc1F)N1CCOC2CCCC21. The summed E-state index contributed by atoms with van der Waals surface area (Å²) in [5.74, 6) is -0.642. The highest BCUT2D eigenvalue weighted by Gasteiger charge is 2.39. The Hall–Kier alpha value is -1.42. The highest BCUT2D eigenvalue weighted by molar-refractivity contribution is 5.94. The van der Waals surface area contributed by atoms with Crippen molar-refractivity contribution in [1.82, 2.24) is 4.90 Å². The van der Waals surface area contributed by atoms with Gasteiger partial charge in [0.25, 0.3) is 5.91 Å². The van der Waals surface area contributed by atoms with Gasteiger partial charge in [0, 0.05) is 6.54 Å². The van der Waals surface area contributed by atoms with Crippen molar-refractivity contribution in [2.24, 2.45) is 0 Å². The number of amides is 1. The topological polar surface area (TPSA) is 29.5 Å². The molecule has 18 heavy (non-hydrogen) atoms. The first kappa shape index (κ1) is 11.7. The van der Waals surface area contributed by atoms with Crippen molar-refractivity contribution in [1.29, 1.82) is 0 Å². The molecule has 4 heteroatoms. The maximum absolute atomic E-state index is 13.7. The van der Waals surface area contributed by atoms with Crippen LogP contribution in [0.5, 0.6) is 0 Å². The van der Waals surface area contributed by atoms with Gasteiger partial charge in [-0.3, -0.25) is 4.79 Å². The molecule has 1 heterocycles. The predicted molar refractivity (Wildman–Crippen MR) is 64.8 cm³/mol. The van der Waals surface area contributed by atoms with E-state index in [0.29, 0.717) is 13.2 Å². The van der Waals surface area contributed by atoms with Crippen LogP contribution in [-0.4, -0.2) is 36.1 Å². The maximum Gasteiger partial charge on any atom is 0.257 e. The summed E-state index contributed by atoms with van der Waals surface area (Å²) in [6.07, 6.45) is 3.20. The van der Waals surface area contributed by atoms with E-state index < -0.39 is 5.82 Å². The number of hydrogen-bond acceptors (Lipinski definition) is 2. The monoisotopic (exact) mass is 249 g/mol. The van der Waals surface area contributed by atoms with Gasteiger partial charge in [-0.15, -0.1) is 0 Å². The molecule has 1 saturated heterocycles. The molecule has 1 aromatic carbocycles. The Morgan fingerprint density at radius 3 is 3.00 bits per heavy atom. The molecule has 0 N–H and O–H groups in total. The highest BCUT2D eigenvalue weighted by Crippen LogP contribution is 2.30. The summed E-state index contributed by atoms with van der Waals surface area (Å²) in [6, 6.07) is 6.31. The van der Waals surface area contributed by atoms with E-state index >= 15 is 0 Å². The third kappa shape index (κ3) is 1.90. The van der Waals surface area contributed by atoms with Gasteiger partial charge in [-0.05, 0) is 31.4 Å². The second kappa shape index (κ2) is 4.69. The van der Waals surface area contributed by atoms with E-state index in [2.05, 4.69) is 0 Å². The molecule has 1 aromatic rings. The first-order chi connectivity index (χ1) is 8.77. The zero-order valence-electron chi connectivity index (χ0n) is 10.1. The van der Waals surface area contributed by atoms with E-state index in [9.17, 15) is 9.18 Å². The van der Waals surface area contributed by atoms with E-state index in [1.165, 1.54) is 6.07 Å². The molecular weight excluding hydrogens is 233 g/mol. The van der Waals surface area contributed by atoms with Crippen molar-refractivity contribution < 1.29 is 13.9 Å². The number of benzene rings is 1. The normalized spacial score (nSPS) is 27.1. The van der Waals surface area contributed by atoms with Gasteiger partial charge >= 0.3 is 0 Å². The van der Waals surface area contributed by atoms with Gasteiger partial charge in [0.1, 0.15) is 5.82 Å². The molecule has 2 aliphatic rings. The third-order valence-corrected chi connectivity index (χ3v) is 3.85. The van der Waals surface area contributed by atoms with Gasteiger partial charge in [-0.1, -0.05) is 12.1 Å². The minimum absolute atomic E-state index is 0.130. The molecule has 2 fully saturated rings. The Morgan fingerprint density at radius 2 is 2.17 bits per heavy atom. The largest absolute Gasteiger partial charge is 0.374 e. The molecule has 1 aliphatic heterocycles. The Morgan fingerprint density at radius 1 is 1.33 bits per heavy atom. The number of ether oxygens (including phenoxy) is 1. The van der Waals surface area contributed by atoms with Gasteiger partial charge < -0.3 is 9.64 Å². The second-order valence-electron chi connectivity index (χ2n) is 4.89. The lowest BCUT2D eigenvalue weighted by Gasteiger charge is -2.37. The van der Waals surface area contributed by atoms with Crippen molar-refractivity contribution in [2.45, 2.75) is 31.4 Å². The van der Waals surface area contributed by atoms with Crippen LogP contribution in [0.4, 0.5) is 4.39 Å². The fourth-order valence-electron chi connectivity index (χ4n) is 2.97. The smallest absolute Gasteiger partial charge is 0.257 e. The summed E-state index contributed by atoms with van der Waals surface area (Å²) in [5.41, 5.74) is 0.171. The van der Waals surface area contributed by atoms with Gasteiger partial charge in [0.05, 0.1) is 24.3 Å². The number of carbonyl (C=O) groups is 1. The van der Waals surface area contributed by atoms with Gasteiger partial charge in [0.2, 0.25) is 0 Å². The first-order valence-electron chi connectivity index (χ1n) is 6.44. The van der Waals surface area contributed by atoms with Crippen LogP contribution in [0.25, 0.3) is 0 Å². The molecule has 0 aromatic heterocycles. The number of halogens is 1. The molecule has 0 radical (unpaired) electrons. The molecule has 2 unspecified atom stereocenters. The molecule has 2 atom stereocenters. The van der Waals surface area contributed by atoms with Crippen LogP contribution >= 0.6 is 0 Å². The quantitative estimate of drug-likeness (QED) is 0.763. The molecule has 3 nitrogen and oxygen atoms in total. The van der Waals surface area contributed by atoms with Crippen LogP contribution in [0.15, 0.2) is 24.3 Å². The van der Waals surface area contributed by atoms with E-state index in [1.54, 1.807) is 23.1 Å². The Bertz CT molecular complexity index is 463. The lowest BCUT2D eigenvalue weighted by molar-refractivity contribution is -0.0446. The fraction of sp³-hybridized carbons (Fsp3) is 0.500. The van der Waals surface area contributed by atoms with E-state index in [-0.39, 0.29) is 23.6 Å². The number of morpholine rings is 1. The summed E-state index contributed by atoms with van der Waals surface area (Å²) in [4.78, 5) is 14.2. The third-order valence-electron chi connectivity index (χ3n) is 3.85. The Balaban J connectivity index is 1.86. The summed E-state index contributed by atoms with van der Waals surface area (Å²) in [5, 5.41) is 0. The zero-order chi connectivity index (χ0) is 12.5. The number of fused-ring (bicyclic) bond motifs is 1. The number of rotatable bonds is 1. The Kier molecular flexibility index (Phi) is 3.04. The standard InChI is InChI=1S/C14H16FNO2/c15-11-5-2-1-4-10(11)14(17)16-8-9-18-13-7-3-6-12(13)16/h1-2,4-5,12-13H,3,6-9H2. The molecule has 3 rings (SSSR count). The van der Waals surface area contributed by atoms with Crippen molar-refractivity contribution in [3.63, 3.8) is 0 Å². The highest BCUT2D eigenvalue weighted by atomic mass is 19.1. The minimum Gasteiger partial charge on any atom is -0.374 e. The van der Waals surface area contributed by atoms with Crippen molar-refractivity contribution in [2.75, 3.05) is 13.2 Å². The van der Waals surface area contributed by atoms with Crippen LogP contribution in [0.1, 0.15) is 29.6 Å². The summed E-state index contributed by atoms with van der Waals surface area (Å²) >= 11 is 0. The molecule has 96 valence electrons. The lowest BCUT2D eigenvalue weighted by atomic mass is 10.1. The Labute approximate surface area is 106 Å². The zero-order valence-corrected chi connectivity index (χ0v) is 10.1.